The van der Waals surface area contributed by atoms with Crippen molar-refractivity contribution in [2.24, 2.45) is 0 Å². The molecule has 0 fully saturated rings. The van der Waals surface area contributed by atoms with E-state index in [0.717, 1.165) is 0 Å². The summed E-state index contributed by atoms with van der Waals surface area (Å²) in [5.41, 5.74) is 0.595. The monoisotopic (exact) mass is 293 g/mol. The number of anilines is 1. The molecule has 0 aliphatic heterocycles. The molecular weight excluding hydrogens is 278 g/mol. The molecule has 2 aromatic heterocycles. The molecule has 7 nitrogen and oxygen atoms in total. The van der Waals surface area contributed by atoms with Gasteiger partial charge in [0.05, 0.1) is 12.2 Å². The van der Waals surface area contributed by atoms with E-state index < -0.39 is 10.0 Å². The molecule has 106 valence electrons. The molecule has 2 heterocycles. The Morgan fingerprint density at radius 3 is 2.75 bits per heavy atom. The average Bonchev–Trinajstić information content (AvgIpc) is 2.47. The van der Waals surface area contributed by atoms with Crippen LogP contribution in [0.2, 0.25) is 0 Å². The van der Waals surface area contributed by atoms with Crippen molar-refractivity contribution in [2.75, 3.05) is 11.9 Å². The Balaban J connectivity index is 2.18. The number of hydrogen-bond donors (Lipinski definition) is 2. The van der Waals surface area contributed by atoms with Crippen LogP contribution in [0.5, 0.6) is 0 Å². The van der Waals surface area contributed by atoms with Crippen LogP contribution in [0.25, 0.3) is 0 Å². The molecule has 0 aliphatic rings. The lowest BCUT2D eigenvalue weighted by Crippen LogP contribution is -2.25. The number of sulfonamides is 1. The second kappa shape index (κ2) is 6.40. The summed E-state index contributed by atoms with van der Waals surface area (Å²) in [4.78, 5) is 11.9. The number of aromatic nitrogens is 3. The van der Waals surface area contributed by atoms with E-state index >= 15 is 0 Å². The second-order valence-corrected chi connectivity index (χ2v) is 5.64. The highest BCUT2D eigenvalue weighted by Gasteiger charge is 2.18. The third kappa shape index (κ3) is 3.49. The van der Waals surface area contributed by atoms with Crippen LogP contribution >= 0.6 is 0 Å². The Labute approximate surface area is 117 Å². The van der Waals surface area contributed by atoms with Gasteiger partial charge in [0.25, 0.3) is 0 Å². The smallest absolute Gasteiger partial charge is 0.244 e. The van der Waals surface area contributed by atoms with Crippen molar-refractivity contribution in [3.05, 3.63) is 42.6 Å². The summed E-state index contributed by atoms with van der Waals surface area (Å²) in [6.07, 6.45) is 4.48. The van der Waals surface area contributed by atoms with Crippen molar-refractivity contribution in [2.45, 2.75) is 18.4 Å². The molecule has 0 atom stereocenters. The van der Waals surface area contributed by atoms with Gasteiger partial charge in [-0.15, -0.1) is 0 Å². The van der Waals surface area contributed by atoms with Crippen LogP contribution in [0.4, 0.5) is 5.82 Å². The van der Waals surface area contributed by atoms with Crippen LogP contribution in [0.1, 0.15) is 12.6 Å². The fourth-order valence-electron chi connectivity index (χ4n) is 1.58. The maximum absolute atomic E-state index is 12.3. The summed E-state index contributed by atoms with van der Waals surface area (Å²) in [5.74, 6) is 0.338. The topological polar surface area (TPSA) is 96.9 Å². The fourth-order valence-corrected chi connectivity index (χ4v) is 2.71. The minimum Gasteiger partial charge on any atom is -0.369 e. The molecule has 0 radical (unpaired) electrons. The van der Waals surface area contributed by atoms with Gasteiger partial charge in [0, 0.05) is 18.9 Å². The zero-order valence-corrected chi connectivity index (χ0v) is 11.8. The van der Waals surface area contributed by atoms with Gasteiger partial charge < -0.3 is 5.32 Å². The van der Waals surface area contributed by atoms with Gasteiger partial charge in [-0.1, -0.05) is 0 Å². The van der Waals surface area contributed by atoms with Crippen molar-refractivity contribution in [3.8, 4) is 0 Å². The first-order chi connectivity index (χ1) is 9.63. The van der Waals surface area contributed by atoms with Gasteiger partial charge in [0.1, 0.15) is 17.0 Å². The van der Waals surface area contributed by atoms with E-state index in [1.165, 1.54) is 12.4 Å². The van der Waals surface area contributed by atoms with Crippen LogP contribution in [0.3, 0.4) is 0 Å². The van der Waals surface area contributed by atoms with Gasteiger partial charge in [-0.25, -0.2) is 28.1 Å². The van der Waals surface area contributed by atoms with Crippen molar-refractivity contribution < 1.29 is 8.42 Å². The molecule has 8 heteroatoms. The van der Waals surface area contributed by atoms with E-state index in [9.17, 15) is 8.42 Å². The Kier molecular flexibility index (Phi) is 4.59. The minimum absolute atomic E-state index is 0.102. The molecule has 0 saturated carbocycles. The highest BCUT2D eigenvalue weighted by atomic mass is 32.2. The van der Waals surface area contributed by atoms with Gasteiger partial charge in [-0.2, -0.15) is 0 Å². The number of pyridine rings is 1. The van der Waals surface area contributed by atoms with Crippen LogP contribution in [-0.2, 0) is 16.6 Å². The van der Waals surface area contributed by atoms with E-state index in [0.29, 0.717) is 18.1 Å². The molecular formula is C12H15N5O2S. The fraction of sp³-hybridized carbons (Fsp3) is 0.250. The molecule has 0 bridgehead atoms. The quantitative estimate of drug-likeness (QED) is 0.817. The normalized spacial score (nSPS) is 11.2. The van der Waals surface area contributed by atoms with Gasteiger partial charge in [-0.05, 0) is 25.1 Å². The molecule has 2 rings (SSSR count). The van der Waals surface area contributed by atoms with E-state index in [-0.39, 0.29) is 11.4 Å². The van der Waals surface area contributed by atoms with E-state index in [4.69, 9.17) is 0 Å². The van der Waals surface area contributed by atoms with Crippen LogP contribution in [0.15, 0.2) is 41.8 Å². The summed E-state index contributed by atoms with van der Waals surface area (Å²) < 4.78 is 27.0. The number of hydrogen-bond acceptors (Lipinski definition) is 6. The van der Waals surface area contributed by atoms with Gasteiger partial charge in [0.15, 0.2) is 0 Å². The molecule has 0 saturated heterocycles. The van der Waals surface area contributed by atoms with Crippen LogP contribution in [-0.4, -0.2) is 29.9 Å². The highest BCUT2D eigenvalue weighted by Crippen LogP contribution is 2.17. The molecule has 0 aliphatic carbocycles. The lowest BCUT2D eigenvalue weighted by Gasteiger charge is -2.10. The maximum atomic E-state index is 12.3. The molecule has 20 heavy (non-hydrogen) atoms. The van der Waals surface area contributed by atoms with Crippen molar-refractivity contribution in [3.63, 3.8) is 0 Å². The van der Waals surface area contributed by atoms with Gasteiger partial charge in [0.2, 0.25) is 10.0 Å². The minimum atomic E-state index is -3.65. The first-order valence-corrected chi connectivity index (χ1v) is 7.55. The lowest BCUT2D eigenvalue weighted by atomic mass is 10.4. The Bertz CT molecular complexity index is 661. The molecule has 0 amide bonds. The van der Waals surface area contributed by atoms with E-state index in [1.54, 1.807) is 24.5 Å². The molecule has 2 N–H and O–H groups in total. The predicted molar refractivity (Wildman–Crippen MR) is 74.5 cm³/mol. The van der Waals surface area contributed by atoms with Gasteiger partial charge in [-0.3, -0.25) is 0 Å². The zero-order chi connectivity index (χ0) is 14.4. The summed E-state index contributed by atoms with van der Waals surface area (Å²) in [6, 6.07) is 4.74. The standard InChI is InChI=1S/C12H15N5O2S/c1-2-14-12-11(4-3-6-15-12)20(18,19)17-8-10-5-7-13-9-16-10/h3-7,9,17H,2,8H2,1H3,(H,14,15). The maximum Gasteiger partial charge on any atom is 0.244 e. The summed E-state index contributed by atoms with van der Waals surface area (Å²) in [7, 11) is -3.65. The van der Waals surface area contributed by atoms with Crippen LogP contribution in [0, 0.1) is 0 Å². The first kappa shape index (κ1) is 14.4. The van der Waals surface area contributed by atoms with Gasteiger partial charge >= 0.3 is 0 Å². The molecule has 0 aromatic carbocycles. The number of nitrogens with zero attached hydrogens (tertiary/aromatic N) is 3. The third-order valence-electron chi connectivity index (χ3n) is 2.49. The van der Waals surface area contributed by atoms with Crippen molar-refractivity contribution in [1.82, 2.24) is 19.7 Å². The molecule has 0 spiro atoms. The highest BCUT2D eigenvalue weighted by molar-refractivity contribution is 7.89. The Morgan fingerprint density at radius 2 is 2.05 bits per heavy atom. The van der Waals surface area contributed by atoms with Crippen molar-refractivity contribution in [1.29, 1.82) is 0 Å². The van der Waals surface area contributed by atoms with Crippen molar-refractivity contribution >= 4 is 15.8 Å². The average molecular weight is 293 g/mol. The summed E-state index contributed by atoms with van der Waals surface area (Å²) in [6.45, 7) is 2.57. The zero-order valence-electron chi connectivity index (χ0n) is 10.9. The first-order valence-electron chi connectivity index (χ1n) is 6.07. The Morgan fingerprint density at radius 1 is 1.20 bits per heavy atom. The Hall–Kier alpha value is -2.06. The summed E-state index contributed by atoms with van der Waals surface area (Å²) >= 11 is 0. The van der Waals surface area contributed by atoms with E-state index in [1.807, 2.05) is 6.92 Å². The number of rotatable bonds is 6. The summed E-state index contributed by atoms with van der Waals surface area (Å²) in [5, 5.41) is 2.92. The molecule has 2 aromatic rings. The number of nitrogens with one attached hydrogen (secondary N) is 2. The van der Waals surface area contributed by atoms with E-state index in [2.05, 4.69) is 25.0 Å². The second-order valence-electron chi connectivity index (χ2n) is 3.91. The lowest BCUT2D eigenvalue weighted by molar-refractivity contribution is 0.580. The third-order valence-corrected chi connectivity index (χ3v) is 3.92. The SMILES string of the molecule is CCNc1ncccc1S(=O)(=O)NCc1ccncn1. The predicted octanol–water partition coefficient (Wildman–Crippen LogP) is 0.782. The largest absolute Gasteiger partial charge is 0.369 e. The van der Waals surface area contributed by atoms with Crippen LogP contribution < -0.4 is 10.0 Å². The molecule has 0 unspecified atom stereocenters.